The van der Waals surface area contributed by atoms with Crippen LogP contribution in [-0.2, 0) is 17.8 Å². The Hall–Kier alpha value is -2.25. The van der Waals surface area contributed by atoms with Crippen molar-refractivity contribution in [2.75, 3.05) is 33.4 Å². The molecule has 0 aliphatic carbocycles. The number of aromatic nitrogens is 2. The third-order valence-electron chi connectivity index (χ3n) is 6.28. The first kappa shape index (κ1) is 24.9. The second-order valence-electron chi connectivity index (χ2n) is 8.64. The third-order valence-corrected chi connectivity index (χ3v) is 7.02. The van der Waals surface area contributed by atoms with E-state index in [2.05, 4.69) is 34.3 Å². The number of aryl methyl sites for hydroxylation is 1. The molecular weight excluding hydrogens is 473 g/mol. The normalized spacial score (nSPS) is 15.9. The molecule has 34 heavy (non-hydrogen) atoms. The van der Waals surface area contributed by atoms with Crippen molar-refractivity contribution in [3.8, 4) is 11.5 Å². The Morgan fingerprint density at radius 2 is 1.74 bits per heavy atom. The van der Waals surface area contributed by atoms with Gasteiger partial charge in [-0.1, -0.05) is 35.3 Å². The second-order valence-corrected chi connectivity index (χ2v) is 9.46. The maximum atomic E-state index is 6.10. The predicted molar refractivity (Wildman–Crippen MR) is 135 cm³/mol. The Kier molecular flexibility index (Phi) is 8.73. The molecule has 0 unspecified atom stereocenters. The van der Waals surface area contributed by atoms with Gasteiger partial charge in [0.15, 0.2) is 0 Å². The molecule has 0 radical (unpaired) electrons. The highest BCUT2D eigenvalue weighted by atomic mass is 35.5. The van der Waals surface area contributed by atoms with E-state index in [1.165, 1.54) is 5.56 Å². The molecular formula is C26H31Cl2N3O3. The Morgan fingerprint density at radius 1 is 0.971 bits per heavy atom. The zero-order valence-corrected chi connectivity index (χ0v) is 21.0. The van der Waals surface area contributed by atoms with Crippen LogP contribution in [-0.4, -0.2) is 53.7 Å². The average molecular weight is 504 g/mol. The predicted octanol–water partition coefficient (Wildman–Crippen LogP) is 5.72. The van der Waals surface area contributed by atoms with Gasteiger partial charge in [-0.3, -0.25) is 9.58 Å². The van der Waals surface area contributed by atoms with E-state index in [0.717, 1.165) is 51.2 Å². The number of ether oxygens (including phenoxy) is 3. The van der Waals surface area contributed by atoms with Crippen molar-refractivity contribution in [3.05, 3.63) is 76.5 Å². The highest BCUT2D eigenvalue weighted by Crippen LogP contribution is 2.30. The lowest BCUT2D eigenvalue weighted by Gasteiger charge is -2.40. The van der Waals surface area contributed by atoms with Crippen LogP contribution in [0.25, 0.3) is 0 Å². The SMILES string of the molecule is COC1(COc2ccc(Cl)c(Cl)c2)CCN(Cc2ccc(OCCCn3cccn3)cc2)CC1. The van der Waals surface area contributed by atoms with Gasteiger partial charge in [0.25, 0.3) is 0 Å². The number of piperidine rings is 1. The van der Waals surface area contributed by atoms with Crippen molar-refractivity contribution in [3.63, 3.8) is 0 Å². The van der Waals surface area contributed by atoms with Crippen molar-refractivity contribution < 1.29 is 14.2 Å². The van der Waals surface area contributed by atoms with E-state index in [-0.39, 0.29) is 5.60 Å². The molecule has 1 aromatic heterocycles. The molecule has 2 aromatic carbocycles. The minimum Gasteiger partial charge on any atom is -0.494 e. The molecule has 1 saturated heterocycles. The van der Waals surface area contributed by atoms with Gasteiger partial charge in [0.05, 0.1) is 16.7 Å². The van der Waals surface area contributed by atoms with Crippen LogP contribution in [0.15, 0.2) is 60.9 Å². The van der Waals surface area contributed by atoms with Crippen molar-refractivity contribution >= 4 is 23.2 Å². The molecule has 0 bridgehead atoms. The van der Waals surface area contributed by atoms with Gasteiger partial charge in [0.1, 0.15) is 23.7 Å². The van der Waals surface area contributed by atoms with E-state index in [0.29, 0.717) is 29.0 Å². The lowest BCUT2D eigenvalue weighted by atomic mass is 9.91. The summed E-state index contributed by atoms with van der Waals surface area (Å²) in [6, 6.07) is 15.7. The molecule has 8 heteroatoms. The number of hydrogen-bond acceptors (Lipinski definition) is 5. The van der Waals surface area contributed by atoms with E-state index in [1.807, 2.05) is 23.0 Å². The summed E-state index contributed by atoms with van der Waals surface area (Å²) in [5, 5.41) is 5.22. The second kappa shape index (κ2) is 11.9. The van der Waals surface area contributed by atoms with Crippen LogP contribution in [0.5, 0.6) is 11.5 Å². The summed E-state index contributed by atoms with van der Waals surface area (Å²) in [5.74, 6) is 1.61. The molecule has 3 aromatic rings. The van der Waals surface area contributed by atoms with Gasteiger partial charge in [-0.25, -0.2) is 0 Å². The number of methoxy groups -OCH3 is 1. The molecule has 0 amide bonds. The van der Waals surface area contributed by atoms with Gasteiger partial charge in [0.2, 0.25) is 0 Å². The summed E-state index contributed by atoms with van der Waals surface area (Å²) in [6.45, 7) is 4.83. The van der Waals surface area contributed by atoms with Crippen molar-refractivity contribution in [2.24, 2.45) is 0 Å². The molecule has 1 aliphatic heterocycles. The molecule has 0 atom stereocenters. The van der Waals surface area contributed by atoms with Crippen LogP contribution >= 0.6 is 23.2 Å². The fraction of sp³-hybridized carbons (Fsp3) is 0.423. The smallest absolute Gasteiger partial charge is 0.121 e. The zero-order chi connectivity index (χ0) is 23.8. The molecule has 4 rings (SSSR count). The van der Waals surface area contributed by atoms with Crippen LogP contribution in [0, 0.1) is 0 Å². The zero-order valence-electron chi connectivity index (χ0n) is 19.5. The summed E-state index contributed by atoms with van der Waals surface area (Å²) >= 11 is 12.1. The minimum atomic E-state index is -0.295. The molecule has 0 saturated carbocycles. The summed E-state index contributed by atoms with van der Waals surface area (Å²) in [7, 11) is 1.77. The molecule has 6 nitrogen and oxygen atoms in total. The van der Waals surface area contributed by atoms with E-state index in [1.54, 1.807) is 25.4 Å². The van der Waals surface area contributed by atoms with Gasteiger partial charge in [-0.15, -0.1) is 0 Å². The van der Waals surface area contributed by atoms with Gasteiger partial charge < -0.3 is 14.2 Å². The number of benzene rings is 2. The van der Waals surface area contributed by atoms with E-state index < -0.39 is 0 Å². The standard InChI is InChI=1S/C26H31Cl2N3O3/c1-32-26(20-34-23-8-9-24(27)25(28)18-23)10-15-30(16-11-26)19-21-4-6-22(7-5-21)33-17-3-14-31-13-2-12-29-31/h2,4-9,12-13,18H,3,10-11,14-17,19-20H2,1H3. The van der Waals surface area contributed by atoms with Crippen molar-refractivity contribution in [1.29, 1.82) is 0 Å². The fourth-order valence-electron chi connectivity index (χ4n) is 4.11. The third kappa shape index (κ3) is 6.89. The van der Waals surface area contributed by atoms with E-state index >= 15 is 0 Å². The van der Waals surface area contributed by atoms with Crippen LogP contribution in [0.4, 0.5) is 0 Å². The Balaban J connectivity index is 1.20. The van der Waals surface area contributed by atoms with E-state index in [4.69, 9.17) is 37.4 Å². The maximum absolute atomic E-state index is 6.10. The highest BCUT2D eigenvalue weighted by Gasteiger charge is 2.35. The monoisotopic (exact) mass is 503 g/mol. The lowest BCUT2D eigenvalue weighted by Crippen LogP contribution is -2.48. The molecule has 182 valence electrons. The molecule has 1 aliphatic rings. The summed E-state index contributed by atoms with van der Waals surface area (Å²) in [6.07, 6.45) is 6.50. The van der Waals surface area contributed by atoms with Crippen LogP contribution in [0.1, 0.15) is 24.8 Å². The highest BCUT2D eigenvalue weighted by molar-refractivity contribution is 6.42. The van der Waals surface area contributed by atoms with Gasteiger partial charge in [-0.2, -0.15) is 5.10 Å². The first-order valence-corrected chi connectivity index (χ1v) is 12.4. The molecule has 1 fully saturated rings. The average Bonchev–Trinajstić information content (AvgIpc) is 3.38. The van der Waals surface area contributed by atoms with Gasteiger partial charge in [0, 0.05) is 58.2 Å². The number of halogens is 2. The molecule has 0 spiro atoms. The number of nitrogens with zero attached hydrogens (tertiary/aromatic N) is 3. The Bertz CT molecular complexity index is 1020. The van der Waals surface area contributed by atoms with Crippen molar-refractivity contribution in [2.45, 2.75) is 38.0 Å². The fourth-order valence-corrected chi connectivity index (χ4v) is 4.39. The Labute approximate surface area is 211 Å². The topological polar surface area (TPSA) is 48.8 Å². The van der Waals surface area contributed by atoms with Crippen LogP contribution in [0.2, 0.25) is 10.0 Å². The van der Waals surface area contributed by atoms with Crippen molar-refractivity contribution in [1.82, 2.24) is 14.7 Å². The maximum Gasteiger partial charge on any atom is 0.121 e. The Morgan fingerprint density at radius 3 is 2.41 bits per heavy atom. The molecule has 2 heterocycles. The minimum absolute atomic E-state index is 0.295. The van der Waals surface area contributed by atoms with E-state index in [9.17, 15) is 0 Å². The number of rotatable bonds is 11. The van der Waals surface area contributed by atoms with Gasteiger partial charge >= 0.3 is 0 Å². The molecule has 0 N–H and O–H groups in total. The largest absolute Gasteiger partial charge is 0.494 e. The number of hydrogen-bond donors (Lipinski definition) is 0. The summed E-state index contributed by atoms with van der Waals surface area (Å²) in [4.78, 5) is 2.45. The summed E-state index contributed by atoms with van der Waals surface area (Å²) in [5.41, 5.74) is 0.983. The first-order chi connectivity index (χ1) is 16.5. The number of likely N-dealkylation sites (tertiary alicyclic amines) is 1. The quantitative estimate of drug-likeness (QED) is 0.313. The van der Waals surface area contributed by atoms with Crippen LogP contribution in [0.3, 0.4) is 0 Å². The summed E-state index contributed by atoms with van der Waals surface area (Å²) < 4.78 is 19.7. The lowest BCUT2D eigenvalue weighted by molar-refractivity contribution is -0.0839. The van der Waals surface area contributed by atoms with Crippen LogP contribution < -0.4 is 9.47 Å². The first-order valence-electron chi connectivity index (χ1n) is 11.6. The van der Waals surface area contributed by atoms with Gasteiger partial charge in [-0.05, 0) is 48.7 Å².